The van der Waals surface area contributed by atoms with Crippen molar-refractivity contribution in [3.8, 4) is 0 Å². The van der Waals surface area contributed by atoms with Crippen LogP contribution >= 0.6 is 19.4 Å². The van der Waals surface area contributed by atoms with Crippen LogP contribution in [0.2, 0.25) is 0 Å². The van der Waals surface area contributed by atoms with Crippen LogP contribution in [0.1, 0.15) is 54.7 Å². The van der Waals surface area contributed by atoms with Crippen LogP contribution in [0.5, 0.6) is 0 Å². The highest BCUT2D eigenvalue weighted by Gasteiger charge is 2.54. The Morgan fingerprint density at radius 1 is 1.14 bits per heavy atom. The van der Waals surface area contributed by atoms with Crippen LogP contribution in [0.4, 0.5) is 5.95 Å². The van der Waals surface area contributed by atoms with Gasteiger partial charge in [0, 0.05) is 0 Å². The van der Waals surface area contributed by atoms with Crippen LogP contribution in [0.25, 0.3) is 11.2 Å². The molecule has 1 aliphatic heterocycles. The maximum atomic E-state index is 14.4. The molecule has 6 N–H and O–H groups in total. The fraction of sp³-hybridized carbons (Fsp3) is 0.731. The highest BCUT2D eigenvalue weighted by atomic mass is 32.2. The number of aliphatic hydroxyl groups excluding tert-OH is 1. The van der Waals surface area contributed by atoms with Gasteiger partial charge in [0.25, 0.3) is 0 Å². The summed E-state index contributed by atoms with van der Waals surface area (Å²) in [4.78, 5) is 38.3. The average Bonchev–Trinajstić information content (AvgIpc) is 3.46. The smallest absolute Gasteiger partial charge is 0.342 e. The van der Waals surface area contributed by atoms with Crippen molar-refractivity contribution in [1.29, 1.82) is 0 Å². The zero-order valence-electron chi connectivity index (χ0n) is 26.2. The SMILES string of the molecule is CCOC(=O)[C@@H](NP(=O)(N[C@H](C(=O)OCC)C(C)C)OC[C@H]1O[C@@H](n2cnc3c(SC)nc(N)nc32)C(C)(O)C1O)C(C)C. The van der Waals surface area contributed by atoms with Gasteiger partial charge in [-0.25, -0.2) is 20.1 Å². The quantitative estimate of drug-likeness (QED) is 0.0791. The predicted octanol–water partition coefficient (Wildman–Crippen LogP) is 1.62. The van der Waals surface area contributed by atoms with Gasteiger partial charge in [0.2, 0.25) is 5.95 Å². The number of hydrogen-bond acceptors (Lipinski definition) is 14. The zero-order chi connectivity index (χ0) is 33.0. The van der Waals surface area contributed by atoms with Crippen LogP contribution in [0.15, 0.2) is 11.4 Å². The van der Waals surface area contributed by atoms with E-state index in [0.717, 1.165) is 0 Å². The molecule has 3 heterocycles. The minimum absolute atomic E-state index is 0.0117. The van der Waals surface area contributed by atoms with Gasteiger partial charge >= 0.3 is 19.6 Å². The molecule has 1 saturated heterocycles. The maximum Gasteiger partial charge on any atom is 0.342 e. The lowest BCUT2D eigenvalue weighted by atomic mass is 9.96. The first kappa shape index (κ1) is 36.1. The first-order chi connectivity index (χ1) is 20.6. The molecule has 44 heavy (non-hydrogen) atoms. The van der Waals surface area contributed by atoms with Crippen molar-refractivity contribution in [2.75, 3.05) is 31.8 Å². The van der Waals surface area contributed by atoms with Crippen molar-refractivity contribution >= 4 is 48.5 Å². The number of nitrogens with one attached hydrogen (secondary N) is 2. The number of nitrogens with zero attached hydrogens (tertiary/aromatic N) is 4. The highest BCUT2D eigenvalue weighted by Crippen LogP contribution is 2.45. The number of fused-ring (bicyclic) bond motifs is 1. The molecule has 3 rings (SSSR count). The Hall–Kier alpha value is -2.37. The number of nitrogen functional groups attached to an aromatic ring is 1. The number of anilines is 1. The van der Waals surface area contributed by atoms with Gasteiger partial charge in [0.15, 0.2) is 11.9 Å². The molecule has 2 aromatic rings. The number of carbonyl (C=O) groups is 2. The number of aromatic nitrogens is 4. The molecular formula is C26H44N7O9PS. The van der Waals surface area contributed by atoms with E-state index in [2.05, 4.69) is 25.1 Å². The molecule has 0 spiro atoms. The van der Waals surface area contributed by atoms with E-state index in [0.29, 0.717) is 10.5 Å². The molecule has 0 radical (unpaired) electrons. The second kappa shape index (κ2) is 14.8. The summed E-state index contributed by atoms with van der Waals surface area (Å²) in [5.41, 5.74) is 4.70. The number of hydrogen-bond donors (Lipinski definition) is 5. The van der Waals surface area contributed by atoms with Gasteiger partial charge in [-0.1, -0.05) is 27.7 Å². The van der Waals surface area contributed by atoms with Gasteiger partial charge in [0.05, 0.1) is 26.1 Å². The lowest BCUT2D eigenvalue weighted by molar-refractivity contribution is -0.146. The minimum Gasteiger partial charge on any atom is -0.465 e. The Morgan fingerprint density at radius 3 is 2.16 bits per heavy atom. The van der Waals surface area contributed by atoms with Crippen LogP contribution in [-0.4, -0.2) is 97.6 Å². The third kappa shape index (κ3) is 7.88. The van der Waals surface area contributed by atoms with Crippen molar-refractivity contribution < 1.29 is 43.1 Å². The van der Waals surface area contributed by atoms with Crippen LogP contribution in [-0.2, 0) is 32.9 Å². The third-order valence-electron chi connectivity index (χ3n) is 7.06. The number of imidazole rings is 1. The highest BCUT2D eigenvalue weighted by molar-refractivity contribution is 7.98. The zero-order valence-corrected chi connectivity index (χ0v) is 27.9. The van der Waals surface area contributed by atoms with Crippen LogP contribution < -0.4 is 15.9 Å². The number of rotatable bonds is 15. The summed E-state index contributed by atoms with van der Waals surface area (Å²) in [5.74, 6) is -2.11. The van der Waals surface area contributed by atoms with Gasteiger partial charge < -0.3 is 34.7 Å². The van der Waals surface area contributed by atoms with E-state index in [1.807, 2.05) is 0 Å². The van der Waals surface area contributed by atoms with Crippen molar-refractivity contribution in [1.82, 2.24) is 29.7 Å². The topological polar surface area (TPSA) is 222 Å². The molecule has 248 valence electrons. The molecule has 0 aliphatic carbocycles. The van der Waals surface area contributed by atoms with Gasteiger partial charge in [-0.05, 0) is 38.9 Å². The fourth-order valence-electron chi connectivity index (χ4n) is 4.67. The molecule has 18 heteroatoms. The number of thioether (sulfide) groups is 1. The Balaban J connectivity index is 1.93. The van der Waals surface area contributed by atoms with Crippen molar-refractivity contribution in [3.63, 3.8) is 0 Å². The molecule has 2 unspecified atom stereocenters. The molecule has 0 aromatic carbocycles. The summed E-state index contributed by atoms with van der Waals surface area (Å²) in [6.45, 7) is 11.2. The minimum atomic E-state index is -4.28. The van der Waals surface area contributed by atoms with Gasteiger partial charge in [-0.15, -0.1) is 11.8 Å². The second-order valence-corrected chi connectivity index (χ2v) is 13.8. The molecule has 2 aromatic heterocycles. The summed E-state index contributed by atoms with van der Waals surface area (Å²) >= 11 is 1.31. The first-order valence-electron chi connectivity index (χ1n) is 14.3. The standard InChI is InChI=1S/C26H44N7O9PS/c1-9-39-22(35)16(13(3)4)31-43(38,32-17(14(5)6)23(36)40-10-2)41-11-15-19(34)26(7,37)24(42-15)33-12-28-18-20(33)29-25(27)30-21(18)44-8/h12-17,19,24,34,37H,9-11H2,1-8H3,(H2,27,29,30)(H2,31,32,38)/t15-,16+,17+,19?,24-,26?/m1/s1. The van der Waals surface area contributed by atoms with Crippen molar-refractivity contribution in [2.45, 2.75) is 89.6 Å². The largest absolute Gasteiger partial charge is 0.465 e. The molecule has 0 bridgehead atoms. The molecule has 1 aliphatic rings. The summed E-state index contributed by atoms with van der Waals surface area (Å²) in [6.07, 6.45) is -0.761. The molecule has 6 atom stereocenters. The average molecular weight is 662 g/mol. The maximum absolute atomic E-state index is 14.4. The van der Waals surface area contributed by atoms with E-state index in [1.165, 1.54) is 29.6 Å². The molecule has 0 saturated carbocycles. The number of carbonyl (C=O) groups excluding carboxylic acids is 2. The van der Waals surface area contributed by atoms with Crippen molar-refractivity contribution in [3.05, 3.63) is 6.33 Å². The van der Waals surface area contributed by atoms with E-state index in [9.17, 15) is 24.4 Å². The Labute approximate surface area is 260 Å². The fourth-order valence-corrected chi connectivity index (χ4v) is 7.31. The lowest BCUT2D eigenvalue weighted by Gasteiger charge is -2.31. The summed E-state index contributed by atoms with van der Waals surface area (Å²) in [5, 5.41) is 28.5. The molecular weight excluding hydrogens is 617 g/mol. The predicted molar refractivity (Wildman–Crippen MR) is 162 cm³/mol. The van der Waals surface area contributed by atoms with E-state index < -0.39 is 62.3 Å². The van der Waals surface area contributed by atoms with Crippen LogP contribution in [0, 0.1) is 11.8 Å². The third-order valence-corrected chi connectivity index (χ3v) is 9.48. The van der Waals surface area contributed by atoms with E-state index in [1.54, 1.807) is 47.8 Å². The number of aliphatic hydroxyl groups is 2. The number of ether oxygens (including phenoxy) is 3. The van der Waals surface area contributed by atoms with Gasteiger partial charge in [-0.2, -0.15) is 4.98 Å². The monoisotopic (exact) mass is 661 g/mol. The molecule has 1 fully saturated rings. The van der Waals surface area contributed by atoms with E-state index >= 15 is 0 Å². The number of esters is 2. The Kier molecular flexibility index (Phi) is 12.2. The summed E-state index contributed by atoms with van der Waals surface area (Å²) in [6, 6.07) is -2.16. The summed E-state index contributed by atoms with van der Waals surface area (Å²) in [7, 11) is -4.28. The molecule has 0 amide bonds. The van der Waals surface area contributed by atoms with E-state index in [-0.39, 0.29) is 36.6 Å². The molecule has 16 nitrogen and oxygen atoms in total. The van der Waals surface area contributed by atoms with Crippen LogP contribution in [0.3, 0.4) is 0 Å². The number of nitrogens with two attached hydrogens (primary N) is 1. The Morgan fingerprint density at radius 2 is 1.68 bits per heavy atom. The normalized spacial score (nSPS) is 23.8. The first-order valence-corrected chi connectivity index (χ1v) is 17.2. The lowest BCUT2D eigenvalue weighted by Crippen LogP contribution is -2.49. The van der Waals surface area contributed by atoms with Gasteiger partial charge in [-0.3, -0.25) is 18.7 Å². The summed E-state index contributed by atoms with van der Waals surface area (Å²) < 4.78 is 38.0. The second-order valence-electron chi connectivity index (χ2n) is 11.2. The van der Waals surface area contributed by atoms with Gasteiger partial charge in [0.1, 0.15) is 40.4 Å². The Bertz CT molecular complexity index is 1320. The van der Waals surface area contributed by atoms with E-state index in [4.69, 9.17) is 24.5 Å². The van der Waals surface area contributed by atoms with Crippen molar-refractivity contribution in [2.24, 2.45) is 11.8 Å².